The van der Waals surface area contributed by atoms with Crippen molar-refractivity contribution in [2.24, 2.45) is 0 Å². The first-order valence-electron chi connectivity index (χ1n) is 5.60. The van der Waals surface area contributed by atoms with Crippen LogP contribution < -0.4 is 0 Å². The summed E-state index contributed by atoms with van der Waals surface area (Å²) >= 11 is 1.50. The number of nitrogens with zero attached hydrogens (tertiary/aromatic N) is 2. The molecule has 0 aromatic rings. The third kappa shape index (κ3) is 2.50. The van der Waals surface area contributed by atoms with Crippen LogP contribution in [-0.2, 0) is 9.53 Å². The molecule has 2 fully saturated rings. The molecule has 0 spiro atoms. The van der Waals surface area contributed by atoms with E-state index in [1.54, 1.807) is 4.90 Å². The highest BCUT2D eigenvalue weighted by molar-refractivity contribution is 8.00. The molecule has 2 saturated heterocycles. The van der Waals surface area contributed by atoms with Gasteiger partial charge in [-0.05, 0) is 6.92 Å². The van der Waals surface area contributed by atoms with Crippen LogP contribution in [0.3, 0.4) is 0 Å². The number of carbonyl (C=O) groups excluding carboxylic acids is 1. The van der Waals surface area contributed by atoms with E-state index in [9.17, 15) is 9.59 Å². The van der Waals surface area contributed by atoms with Crippen LogP contribution in [0.5, 0.6) is 0 Å². The van der Waals surface area contributed by atoms with Crippen molar-refractivity contribution in [1.82, 2.24) is 9.80 Å². The van der Waals surface area contributed by atoms with Gasteiger partial charge in [-0.1, -0.05) is 0 Å². The minimum atomic E-state index is -0.927. The van der Waals surface area contributed by atoms with Crippen molar-refractivity contribution in [1.29, 1.82) is 0 Å². The van der Waals surface area contributed by atoms with Gasteiger partial charge >= 0.3 is 12.0 Å². The highest BCUT2D eigenvalue weighted by Gasteiger charge is 2.41. The SMILES string of the molecule is CC1SCC(C(=O)O)N1C(=O)N1CCOCC1. The normalized spacial score (nSPS) is 29.5. The van der Waals surface area contributed by atoms with Gasteiger partial charge in [-0.25, -0.2) is 9.59 Å². The molecule has 0 aromatic heterocycles. The van der Waals surface area contributed by atoms with Crippen LogP contribution in [0.15, 0.2) is 0 Å². The molecule has 2 aliphatic rings. The minimum Gasteiger partial charge on any atom is -0.480 e. The number of carboxylic acids is 1. The first-order chi connectivity index (χ1) is 8.11. The van der Waals surface area contributed by atoms with Crippen LogP contribution in [0, 0.1) is 0 Å². The number of ether oxygens (including phenoxy) is 1. The molecule has 0 aliphatic carbocycles. The average Bonchev–Trinajstić information content (AvgIpc) is 2.71. The number of carboxylic acid groups (broad SMARTS) is 1. The molecule has 2 rings (SSSR count). The zero-order valence-corrected chi connectivity index (χ0v) is 10.5. The van der Waals surface area contributed by atoms with Crippen molar-refractivity contribution in [3.63, 3.8) is 0 Å². The molecule has 2 heterocycles. The Morgan fingerprint density at radius 2 is 2.00 bits per heavy atom. The highest BCUT2D eigenvalue weighted by atomic mass is 32.2. The largest absolute Gasteiger partial charge is 0.480 e. The Morgan fingerprint density at radius 1 is 1.35 bits per heavy atom. The van der Waals surface area contributed by atoms with Crippen molar-refractivity contribution in [2.45, 2.75) is 18.3 Å². The van der Waals surface area contributed by atoms with Crippen molar-refractivity contribution in [3.8, 4) is 0 Å². The maximum Gasteiger partial charge on any atom is 0.327 e. The molecule has 2 unspecified atom stereocenters. The molecule has 0 saturated carbocycles. The molecule has 2 amide bonds. The van der Waals surface area contributed by atoms with Gasteiger partial charge in [0.25, 0.3) is 0 Å². The molecule has 96 valence electrons. The summed E-state index contributed by atoms with van der Waals surface area (Å²) < 4.78 is 5.18. The summed E-state index contributed by atoms with van der Waals surface area (Å²) in [6.45, 7) is 4.00. The molecule has 0 bridgehead atoms. The molecule has 2 atom stereocenters. The Balaban J connectivity index is 2.07. The van der Waals surface area contributed by atoms with Gasteiger partial charge in [0.1, 0.15) is 6.04 Å². The first kappa shape index (κ1) is 12.5. The van der Waals surface area contributed by atoms with Gasteiger partial charge in [0.2, 0.25) is 0 Å². The van der Waals surface area contributed by atoms with Gasteiger partial charge < -0.3 is 14.7 Å². The Hall–Kier alpha value is -0.950. The lowest BCUT2D eigenvalue weighted by molar-refractivity contribution is -0.141. The smallest absolute Gasteiger partial charge is 0.327 e. The van der Waals surface area contributed by atoms with E-state index in [1.165, 1.54) is 16.7 Å². The summed E-state index contributed by atoms with van der Waals surface area (Å²) in [5.41, 5.74) is 0. The van der Waals surface area contributed by atoms with Crippen LogP contribution in [0.2, 0.25) is 0 Å². The van der Waals surface area contributed by atoms with E-state index >= 15 is 0 Å². The van der Waals surface area contributed by atoms with E-state index in [0.717, 1.165) is 0 Å². The molecule has 17 heavy (non-hydrogen) atoms. The predicted octanol–water partition coefficient (Wildman–Crippen LogP) is 0.287. The van der Waals surface area contributed by atoms with E-state index < -0.39 is 12.0 Å². The Bertz CT molecular complexity index is 319. The van der Waals surface area contributed by atoms with Crippen LogP contribution >= 0.6 is 11.8 Å². The van der Waals surface area contributed by atoms with Gasteiger partial charge in [-0.3, -0.25) is 4.90 Å². The summed E-state index contributed by atoms with van der Waals surface area (Å²) in [5.74, 6) is -0.462. The van der Waals surface area contributed by atoms with Crippen molar-refractivity contribution >= 4 is 23.8 Å². The number of urea groups is 1. The van der Waals surface area contributed by atoms with Gasteiger partial charge in [-0.2, -0.15) is 0 Å². The molecule has 0 radical (unpaired) electrons. The van der Waals surface area contributed by atoms with E-state index in [0.29, 0.717) is 32.1 Å². The van der Waals surface area contributed by atoms with Gasteiger partial charge in [0.15, 0.2) is 0 Å². The number of amides is 2. The summed E-state index contributed by atoms with van der Waals surface area (Å²) in [6.07, 6.45) is 0. The van der Waals surface area contributed by atoms with E-state index in [1.807, 2.05) is 6.92 Å². The van der Waals surface area contributed by atoms with E-state index in [4.69, 9.17) is 9.84 Å². The third-order valence-electron chi connectivity index (χ3n) is 3.01. The van der Waals surface area contributed by atoms with Crippen molar-refractivity contribution in [3.05, 3.63) is 0 Å². The van der Waals surface area contributed by atoms with Crippen LogP contribution in [0.1, 0.15) is 6.92 Å². The highest BCUT2D eigenvalue weighted by Crippen LogP contribution is 2.29. The zero-order valence-electron chi connectivity index (χ0n) is 9.66. The Labute approximate surface area is 104 Å². The summed E-state index contributed by atoms with van der Waals surface area (Å²) in [4.78, 5) is 26.5. The fourth-order valence-corrected chi connectivity index (χ4v) is 3.20. The topological polar surface area (TPSA) is 70.1 Å². The number of rotatable bonds is 1. The summed E-state index contributed by atoms with van der Waals surface area (Å²) in [6, 6.07) is -0.886. The molecule has 0 aromatic carbocycles. The maximum atomic E-state index is 12.2. The number of hydrogen-bond donors (Lipinski definition) is 1. The van der Waals surface area contributed by atoms with E-state index in [-0.39, 0.29) is 11.4 Å². The predicted molar refractivity (Wildman–Crippen MR) is 63.0 cm³/mol. The van der Waals surface area contributed by atoms with Crippen molar-refractivity contribution < 1.29 is 19.4 Å². The van der Waals surface area contributed by atoms with Crippen LogP contribution in [0.25, 0.3) is 0 Å². The monoisotopic (exact) mass is 260 g/mol. The lowest BCUT2D eigenvalue weighted by Crippen LogP contribution is -2.53. The van der Waals surface area contributed by atoms with Gasteiger partial charge in [-0.15, -0.1) is 11.8 Å². The molecular weight excluding hydrogens is 244 g/mol. The Kier molecular flexibility index (Phi) is 3.78. The van der Waals surface area contributed by atoms with Crippen molar-refractivity contribution in [2.75, 3.05) is 32.1 Å². The second kappa shape index (κ2) is 5.14. The third-order valence-corrected chi connectivity index (χ3v) is 4.23. The molecule has 1 N–H and O–H groups in total. The lowest BCUT2D eigenvalue weighted by Gasteiger charge is -2.34. The fourth-order valence-electron chi connectivity index (χ4n) is 2.04. The van der Waals surface area contributed by atoms with Gasteiger partial charge in [0, 0.05) is 18.8 Å². The number of morpholine rings is 1. The summed E-state index contributed by atoms with van der Waals surface area (Å²) in [5, 5.41) is 9.02. The second-order valence-corrected chi connectivity index (χ2v) is 5.42. The number of carbonyl (C=O) groups is 2. The molecule has 6 nitrogen and oxygen atoms in total. The average molecular weight is 260 g/mol. The van der Waals surface area contributed by atoms with Crippen LogP contribution in [0.4, 0.5) is 4.79 Å². The molecule has 2 aliphatic heterocycles. The second-order valence-electron chi connectivity index (χ2n) is 4.08. The van der Waals surface area contributed by atoms with Crippen LogP contribution in [-0.4, -0.2) is 70.4 Å². The molecular formula is C10H16N2O4S. The fraction of sp³-hybridized carbons (Fsp3) is 0.800. The Morgan fingerprint density at radius 3 is 2.59 bits per heavy atom. The molecule has 7 heteroatoms. The lowest BCUT2D eigenvalue weighted by atomic mass is 10.3. The van der Waals surface area contributed by atoms with E-state index in [2.05, 4.69) is 0 Å². The zero-order chi connectivity index (χ0) is 12.4. The number of thioether (sulfide) groups is 1. The summed E-state index contributed by atoms with van der Waals surface area (Å²) in [7, 11) is 0. The number of hydrogen-bond acceptors (Lipinski definition) is 4. The maximum absolute atomic E-state index is 12.2. The quantitative estimate of drug-likeness (QED) is 0.733. The minimum absolute atomic E-state index is 0.0774. The standard InChI is InChI=1S/C10H16N2O4S/c1-7-12(8(6-17-7)9(13)14)10(15)11-2-4-16-5-3-11/h7-8H,2-6H2,1H3,(H,13,14). The van der Waals surface area contributed by atoms with Gasteiger partial charge in [0.05, 0.1) is 18.6 Å². The number of aliphatic carboxylic acids is 1. The first-order valence-corrected chi connectivity index (χ1v) is 6.65.